The van der Waals surface area contributed by atoms with Crippen LogP contribution in [0.3, 0.4) is 0 Å². The predicted octanol–water partition coefficient (Wildman–Crippen LogP) is 3.51. The molecule has 0 saturated heterocycles. The van der Waals surface area contributed by atoms with Gasteiger partial charge >= 0.3 is 0 Å². The van der Waals surface area contributed by atoms with Crippen molar-refractivity contribution in [2.45, 2.75) is 25.3 Å². The van der Waals surface area contributed by atoms with Crippen molar-refractivity contribution in [3.63, 3.8) is 0 Å². The lowest BCUT2D eigenvalue weighted by atomic mass is 10.2. The Labute approximate surface area is 150 Å². The summed E-state index contributed by atoms with van der Waals surface area (Å²) < 4.78 is 3.33. The van der Waals surface area contributed by atoms with Crippen LogP contribution in [-0.2, 0) is 6.54 Å². The van der Waals surface area contributed by atoms with Gasteiger partial charge in [0, 0.05) is 11.3 Å². The molecule has 128 valence electrons. The molecular weight excluding hydrogens is 324 g/mol. The molecule has 26 heavy (non-hydrogen) atoms. The molecule has 4 aromatic rings. The van der Waals surface area contributed by atoms with Gasteiger partial charge in [0.2, 0.25) is 0 Å². The topological polar surface area (TPSA) is 52.7 Å². The number of rotatable bonds is 4. The monoisotopic (exact) mass is 342 g/mol. The summed E-state index contributed by atoms with van der Waals surface area (Å²) in [7, 11) is 0. The summed E-state index contributed by atoms with van der Waals surface area (Å²) in [5.74, 6) is 0.438. The first kappa shape index (κ1) is 15.1. The van der Waals surface area contributed by atoms with Crippen molar-refractivity contribution in [3.8, 4) is 5.69 Å². The minimum absolute atomic E-state index is 0.102. The average Bonchev–Trinajstić information content (AvgIpc) is 3.43. The highest BCUT2D eigenvalue weighted by molar-refractivity contribution is 5.82. The van der Waals surface area contributed by atoms with Crippen molar-refractivity contribution in [2.24, 2.45) is 0 Å². The SMILES string of the molecule is O=c1c2c(cnn2-c2ccccc2)c(C2CC2)nn1Cc1ccccc1. The van der Waals surface area contributed by atoms with E-state index in [0.29, 0.717) is 18.0 Å². The molecule has 0 spiro atoms. The van der Waals surface area contributed by atoms with E-state index in [2.05, 4.69) is 5.10 Å². The fourth-order valence-corrected chi connectivity index (χ4v) is 3.38. The van der Waals surface area contributed by atoms with Crippen LogP contribution in [0.15, 0.2) is 71.7 Å². The van der Waals surface area contributed by atoms with Crippen molar-refractivity contribution in [1.82, 2.24) is 19.6 Å². The molecule has 1 aliphatic rings. The largest absolute Gasteiger partial charge is 0.293 e. The summed E-state index contributed by atoms with van der Waals surface area (Å²) >= 11 is 0. The summed E-state index contributed by atoms with van der Waals surface area (Å²) in [6.45, 7) is 0.468. The predicted molar refractivity (Wildman–Crippen MR) is 101 cm³/mol. The zero-order chi connectivity index (χ0) is 17.5. The van der Waals surface area contributed by atoms with Gasteiger partial charge in [0.1, 0.15) is 5.52 Å². The first-order valence-corrected chi connectivity index (χ1v) is 8.89. The third kappa shape index (κ3) is 2.52. The van der Waals surface area contributed by atoms with Gasteiger partial charge in [-0.25, -0.2) is 9.36 Å². The Balaban J connectivity index is 1.73. The maximum atomic E-state index is 13.2. The number of hydrogen-bond donors (Lipinski definition) is 0. The van der Waals surface area contributed by atoms with Crippen molar-refractivity contribution >= 4 is 10.9 Å². The van der Waals surface area contributed by atoms with Gasteiger partial charge in [0.05, 0.1) is 24.1 Å². The Kier molecular flexibility index (Phi) is 3.45. The van der Waals surface area contributed by atoms with Crippen LogP contribution in [0.4, 0.5) is 0 Å². The molecular formula is C21H18N4O. The van der Waals surface area contributed by atoms with Gasteiger partial charge in [-0.15, -0.1) is 0 Å². The lowest BCUT2D eigenvalue weighted by Crippen LogP contribution is -2.26. The molecule has 0 N–H and O–H groups in total. The maximum absolute atomic E-state index is 13.2. The van der Waals surface area contributed by atoms with Crippen LogP contribution in [0.1, 0.15) is 30.0 Å². The molecule has 0 bridgehead atoms. The van der Waals surface area contributed by atoms with Crippen molar-refractivity contribution < 1.29 is 0 Å². The Morgan fingerprint density at radius 3 is 2.35 bits per heavy atom. The lowest BCUT2D eigenvalue weighted by molar-refractivity contribution is 0.626. The van der Waals surface area contributed by atoms with E-state index in [1.807, 2.05) is 60.7 Å². The van der Waals surface area contributed by atoms with E-state index in [1.165, 1.54) is 0 Å². The molecule has 2 aromatic heterocycles. The second-order valence-corrected chi connectivity index (χ2v) is 6.76. The van der Waals surface area contributed by atoms with Gasteiger partial charge in [0.15, 0.2) is 0 Å². The van der Waals surface area contributed by atoms with E-state index >= 15 is 0 Å². The summed E-state index contributed by atoms with van der Waals surface area (Å²) in [6.07, 6.45) is 4.04. The van der Waals surface area contributed by atoms with E-state index in [4.69, 9.17) is 5.10 Å². The van der Waals surface area contributed by atoms with Crippen LogP contribution in [0.25, 0.3) is 16.6 Å². The zero-order valence-corrected chi connectivity index (χ0v) is 14.2. The lowest BCUT2D eigenvalue weighted by Gasteiger charge is -2.10. The van der Waals surface area contributed by atoms with Crippen molar-refractivity contribution in [3.05, 3.63) is 88.5 Å². The Morgan fingerprint density at radius 2 is 1.65 bits per heavy atom. The fourth-order valence-electron chi connectivity index (χ4n) is 3.38. The number of aromatic nitrogens is 4. The fraction of sp³-hybridized carbons (Fsp3) is 0.190. The number of nitrogens with zero attached hydrogens (tertiary/aromatic N) is 4. The first-order chi connectivity index (χ1) is 12.8. The second-order valence-electron chi connectivity index (χ2n) is 6.76. The summed E-state index contributed by atoms with van der Waals surface area (Å²) in [5, 5.41) is 10.1. The molecule has 0 aliphatic heterocycles. The average molecular weight is 342 g/mol. The van der Waals surface area contributed by atoms with E-state index < -0.39 is 0 Å². The van der Waals surface area contributed by atoms with Crippen LogP contribution >= 0.6 is 0 Å². The molecule has 0 amide bonds. The second kappa shape index (κ2) is 5.95. The molecule has 0 atom stereocenters. The highest BCUT2D eigenvalue weighted by Crippen LogP contribution is 2.41. The van der Waals surface area contributed by atoms with Gasteiger partial charge in [0.25, 0.3) is 5.56 Å². The van der Waals surface area contributed by atoms with E-state index in [-0.39, 0.29) is 5.56 Å². The van der Waals surface area contributed by atoms with Crippen LogP contribution in [0, 0.1) is 0 Å². The van der Waals surface area contributed by atoms with Crippen LogP contribution in [-0.4, -0.2) is 19.6 Å². The van der Waals surface area contributed by atoms with Crippen LogP contribution in [0.5, 0.6) is 0 Å². The maximum Gasteiger partial charge on any atom is 0.293 e. The zero-order valence-electron chi connectivity index (χ0n) is 14.2. The summed E-state index contributed by atoms with van der Waals surface area (Å²) in [6, 6.07) is 19.8. The van der Waals surface area contributed by atoms with E-state index in [9.17, 15) is 4.79 Å². The molecule has 1 fully saturated rings. The number of benzene rings is 2. The van der Waals surface area contributed by atoms with Crippen molar-refractivity contribution in [2.75, 3.05) is 0 Å². The Hall–Kier alpha value is -3.21. The van der Waals surface area contributed by atoms with Gasteiger partial charge in [-0.2, -0.15) is 10.2 Å². The number of para-hydroxylation sites is 1. The normalized spacial score (nSPS) is 14.0. The van der Waals surface area contributed by atoms with Gasteiger partial charge in [-0.05, 0) is 30.5 Å². The Bertz CT molecular complexity index is 1130. The number of fused-ring (bicyclic) bond motifs is 1. The quantitative estimate of drug-likeness (QED) is 0.570. The minimum Gasteiger partial charge on any atom is -0.265 e. The summed E-state index contributed by atoms with van der Waals surface area (Å²) in [5.41, 5.74) is 3.46. The standard InChI is InChI=1S/C21H18N4O/c26-21-20-18(13-22-25(20)17-9-5-2-6-10-17)19(16-11-12-16)23-24(21)14-15-7-3-1-4-8-15/h1-10,13,16H,11-12,14H2. The first-order valence-electron chi connectivity index (χ1n) is 8.89. The molecule has 1 saturated carbocycles. The minimum atomic E-state index is -0.102. The molecule has 5 heteroatoms. The Morgan fingerprint density at radius 1 is 0.962 bits per heavy atom. The molecule has 2 heterocycles. The third-order valence-corrected chi connectivity index (χ3v) is 4.85. The summed E-state index contributed by atoms with van der Waals surface area (Å²) in [4.78, 5) is 13.2. The molecule has 2 aromatic carbocycles. The molecule has 0 radical (unpaired) electrons. The molecule has 5 rings (SSSR count). The highest BCUT2D eigenvalue weighted by atomic mass is 16.1. The van der Waals surface area contributed by atoms with Gasteiger partial charge in [-0.1, -0.05) is 48.5 Å². The number of hydrogen-bond acceptors (Lipinski definition) is 3. The van der Waals surface area contributed by atoms with E-state index in [1.54, 1.807) is 15.6 Å². The smallest absolute Gasteiger partial charge is 0.265 e. The molecule has 5 nitrogen and oxygen atoms in total. The highest BCUT2D eigenvalue weighted by Gasteiger charge is 2.30. The third-order valence-electron chi connectivity index (χ3n) is 4.85. The van der Waals surface area contributed by atoms with E-state index in [0.717, 1.165) is 35.2 Å². The van der Waals surface area contributed by atoms with Gasteiger partial charge in [-0.3, -0.25) is 4.79 Å². The van der Waals surface area contributed by atoms with Crippen LogP contribution in [0.2, 0.25) is 0 Å². The van der Waals surface area contributed by atoms with Crippen LogP contribution < -0.4 is 5.56 Å². The van der Waals surface area contributed by atoms with Gasteiger partial charge < -0.3 is 0 Å². The van der Waals surface area contributed by atoms with Crippen molar-refractivity contribution in [1.29, 1.82) is 0 Å². The molecule has 0 unspecified atom stereocenters. The molecule has 1 aliphatic carbocycles.